The van der Waals surface area contributed by atoms with Crippen molar-refractivity contribution in [2.75, 3.05) is 0 Å². The van der Waals surface area contributed by atoms with E-state index in [-0.39, 0.29) is 0 Å². The number of benzene rings is 1. The van der Waals surface area contributed by atoms with E-state index in [0.29, 0.717) is 0 Å². The third-order valence-electron chi connectivity index (χ3n) is 2.36. The van der Waals surface area contributed by atoms with Gasteiger partial charge in [-0.1, -0.05) is 30.8 Å². The molecule has 0 unspecified atom stereocenters. The first-order valence-electron chi connectivity index (χ1n) is 4.71. The predicted octanol–water partition coefficient (Wildman–Crippen LogP) is 3.58. The largest absolute Gasteiger partial charge is 0.248 e. The van der Waals surface area contributed by atoms with Crippen molar-refractivity contribution in [3.05, 3.63) is 48.2 Å². The van der Waals surface area contributed by atoms with Crippen molar-refractivity contribution in [2.24, 2.45) is 0 Å². The highest BCUT2D eigenvalue weighted by molar-refractivity contribution is 5.83. The number of para-hydroxylation sites is 1. The Morgan fingerprint density at radius 2 is 2.00 bits per heavy atom. The van der Waals surface area contributed by atoms with E-state index in [1.807, 2.05) is 13.0 Å². The van der Waals surface area contributed by atoms with Gasteiger partial charge in [-0.2, -0.15) is 0 Å². The summed E-state index contributed by atoms with van der Waals surface area (Å²) in [5.41, 5.74) is 4.28. The van der Waals surface area contributed by atoms with Crippen LogP contribution in [0.25, 0.3) is 16.5 Å². The molecule has 2 rings (SSSR count). The van der Waals surface area contributed by atoms with E-state index in [1.54, 1.807) is 0 Å². The Labute approximate surface area is 84.1 Å². The van der Waals surface area contributed by atoms with E-state index in [1.165, 1.54) is 10.9 Å². The zero-order chi connectivity index (χ0) is 10.1. The Hall–Kier alpha value is -1.63. The molecule has 1 heterocycles. The zero-order valence-corrected chi connectivity index (χ0v) is 8.54. The molecule has 0 radical (unpaired) electrons. The number of hydrogen-bond acceptors (Lipinski definition) is 1. The summed E-state index contributed by atoms with van der Waals surface area (Å²) in [4.78, 5) is 4.57. The van der Waals surface area contributed by atoms with Crippen LogP contribution in [0.1, 0.15) is 18.2 Å². The number of hydrogen-bond donors (Lipinski definition) is 0. The van der Waals surface area contributed by atoms with Gasteiger partial charge < -0.3 is 0 Å². The van der Waals surface area contributed by atoms with Crippen molar-refractivity contribution in [2.45, 2.75) is 13.8 Å². The lowest BCUT2D eigenvalue weighted by Gasteiger charge is -2.04. The predicted molar refractivity (Wildman–Crippen MR) is 61.2 cm³/mol. The lowest BCUT2D eigenvalue weighted by molar-refractivity contribution is 1.31. The number of nitrogens with zero attached hydrogens (tertiary/aromatic N) is 1. The summed E-state index contributed by atoms with van der Waals surface area (Å²) in [6.07, 6.45) is 0. The van der Waals surface area contributed by atoms with Gasteiger partial charge in [-0.25, -0.2) is 4.98 Å². The minimum atomic E-state index is 0.979. The molecule has 70 valence electrons. The normalized spacial score (nSPS) is 10.4. The quantitative estimate of drug-likeness (QED) is 0.658. The summed E-state index contributed by atoms with van der Waals surface area (Å²) in [7, 11) is 0. The van der Waals surface area contributed by atoms with Crippen molar-refractivity contribution in [3.8, 4) is 0 Å². The minimum absolute atomic E-state index is 0.979. The number of aryl methyl sites for hydroxylation is 1. The van der Waals surface area contributed by atoms with Crippen LogP contribution in [0.2, 0.25) is 0 Å². The first-order chi connectivity index (χ1) is 6.68. The molecule has 1 aromatic heterocycles. The van der Waals surface area contributed by atoms with Crippen LogP contribution in [-0.2, 0) is 0 Å². The van der Waals surface area contributed by atoms with Gasteiger partial charge in [-0.3, -0.25) is 0 Å². The van der Waals surface area contributed by atoms with E-state index in [0.717, 1.165) is 16.8 Å². The van der Waals surface area contributed by atoms with Crippen molar-refractivity contribution in [3.63, 3.8) is 0 Å². The molecule has 0 N–H and O–H groups in total. The van der Waals surface area contributed by atoms with Crippen molar-refractivity contribution >= 4 is 16.5 Å². The molecule has 0 saturated heterocycles. The second kappa shape index (κ2) is 3.26. The number of rotatable bonds is 1. The fourth-order valence-electron chi connectivity index (χ4n) is 1.53. The topological polar surface area (TPSA) is 12.9 Å². The van der Waals surface area contributed by atoms with Crippen LogP contribution in [-0.4, -0.2) is 4.98 Å². The second-order valence-corrected chi connectivity index (χ2v) is 3.62. The van der Waals surface area contributed by atoms with Gasteiger partial charge in [0, 0.05) is 5.39 Å². The molecular weight excluding hydrogens is 170 g/mol. The van der Waals surface area contributed by atoms with E-state index in [2.05, 4.69) is 42.8 Å². The molecular formula is C13H13N. The van der Waals surface area contributed by atoms with Crippen LogP contribution in [0.15, 0.2) is 36.9 Å². The number of fused-ring (bicyclic) bond motifs is 1. The van der Waals surface area contributed by atoms with E-state index >= 15 is 0 Å². The molecule has 0 fully saturated rings. The van der Waals surface area contributed by atoms with Crippen molar-refractivity contribution < 1.29 is 0 Å². The molecule has 14 heavy (non-hydrogen) atoms. The zero-order valence-electron chi connectivity index (χ0n) is 8.54. The van der Waals surface area contributed by atoms with Gasteiger partial charge in [0.15, 0.2) is 0 Å². The third kappa shape index (κ3) is 1.41. The smallest absolute Gasteiger partial charge is 0.0738 e. The Bertz CT molecular complexity index is 498. The molecule has 0 bridgehead atoms. The molecule has 0 aliphatic rings. The Morgan fingerprint density at radius 1 is 1.21 bits per heavy atom. The monoisotopic (exact) mass is 183 g/mol. The Balaban J connectivity index is 2.76. The summed E-state index contributed by atoms with van der Waals surface area (Å²) < 4.78 is 0. The summed E-state index contributed by atoms with van der Waals surface area (Å²) in [6.45, 7) is 7.96. The van der Waals surface area contributed by atoms with Gasteiger partial charge in [0.25, 0.3) is 0 Å². The molecule has 0 aliphatic heterocycles. The molecule has 0 atom stereocenters. The summed E-state index contributed by atoms with van der Waals surface area (Å²) >= 11 is 0. The van der Waals surface area contributed by atoms with Crippen LogP contribution >= 0.6 is 0 Å². The summed E-state index contributed by atoms with van der Waals surface area (Å²) in [6, 6.07) is 10.3. The fourth-order valence-corrected chi connectivity index (χ4v) is 1.53. The maximum absolute atomic E-state index is 4.57. The van der Waals surface area contributed by atoms with Gasteiger partial charge in [-0.15, -0.1) is 0 Å². The van der Waals surface area contributed by atoms with Crippen LogP contribution in [0.3, 0.4) is 0 Å². The molecule has 1 heteroatoms. The Kier molecular flexibility index (Phi) is 2.08. The minimum Gasteiger partial charge on any atom is -0.248 e. The molecule has 0 spiro atoms. The lowest BCUT2D eigenvalue weighted by Crippen LogP contribution is -1.88. The van der Waals surface area contributed by atoms with Crippen molar-refractivity contribution in [1.29, 1.82) is 0 Å². The number of aromatic nitrogens is 1. The van der Waals surface area contributed by atoms with Crippen LogP contribution in [0, 0.1) is 6.92 Å². The van der Waals surface area contributed by atoms with E-state index < -0.39 is 0 Å². The van der Waals surface area contributed by atoms with E-state index in [4.69, 9.17) is 0 Å². The second-order valence-electron chi connectivity index (χ2n) is 3.62. The third-order valence-corrected chi connectivity index (χ3v) is 2.36. The standard InChI is InChI=1S/C13H13N/c1-9(2)12-8-7-11-6-4-5-10(3)13(11)14-12/h4-8H,1H2,2-3H3. The molecule has 0 saturated carbocycles. The lowest BCUT2D eigenvalue weighted by atomic mass is 10.1. The maximum atomic E-state index is 4.57. The average molecular weight is 183 g/mol. The first kappa shape index (κ1) is 8.95. The highest BCUT2D eigenvalue weighted by atomic mass is 14.7. The summed E-state index contributed by atoms with van der Waals surface area (Å²) in [5.74, 6) is 0. The average Bonchev–Trinajstić information content (AvgIpc) is 2.18. The molecule has 1 aromatic carbocycles. The van der Waals surface area contributed by atoms with E-state index in [9.17, 15) is 0 Å². The van der Waals surface area contributed by atoms with Gasteiger partial charge in [0.05, 0.1) is 11.2 Å². The molecule has 0 amide bonds. The summed E-state index contributed by atoms with van der Waals surface area (Å²) in [5, 5.41) is 1.19. The van der Waals surface area contributed by atoms with Crippen LogP contribution < -0.4 is 0 Å². The SMILES string of the molecule is C=C(C)c1ccc2cccc(C)c2n1. The van der Waals surface area contributed by atoms with Crippen LogP contribution in [0.5, 0.6) is 0 Å². The highest BCUT2D eigenvalue weighted by Crippen LogP contribution is 2.18. The van der Waals surface area contributed by atoms with Gasteiger partial charge in [0.1, 0.15) is 0 Å². The first-order valence-corrected chi connectivity index (χ1v) is 4.71. The molecule has 0 aliphatic carbocycles. The number of pyridine rings is 1. The van der Waals surface area contributed by atoms with Gasteiger partial charge >= 0.3 is 0 Å². The Morgan fingerprint density at radius 3 is 2.71 bits per heavy atom. The fraction of sp³-hybridized carbons (Fsp3) is 0.154. The maximum Gasteiger partial charge on any atom is 0.0738 e. The van der Waals surface area contributed by atoms with Gasteiger partial charge in [-0.05, 0) is 31.1 Å². The van der Waals surface area contributed by atoms with Crippen LogP contribution in [0.4, 0.5) is 0 Å². The van der Waals surface area contributed by atoms with Gasteiger partial charge in [0.2, 0.25) is 0 Å². The highest BCUT2D eigenvalue weighted by Gasteiger charge is 2.00. The molecule has 2 aromatic rings. The number of allylic oxidation sites excluding steroid dienone is 1. The van der Waals surface area contributed by atoms with Crippen molar-refractivity contribution in [1.82, 2.24) is 4.98 Å². The molecule has 1 nitrogen and oxygen atoms in total.